The van der Waals surface area contributed by atoms with Crippen molar-refractivity contribution < 1.29 is 0 Å². The van der Waals surface area contributed by atoms with Gasteiger partial charge in [-0.3, -0.25) is 4.79 Å². The van der Waals surface area contributed by atoms with Gasteiger partial charge in [-0.25, -0.2) is 9.97 Å². The van der Waals surface area contributed by atoms with E-state index in [0.717, 1.165) is 23.5 Å². The van der Waals surface area contributed by atoms with Gasteiger partial charge in [0.15, 0.2) is 0 Å². The Balaban J connectivity index is 1.63. The van der Waals surface area contributed by atoms with E-state index in [1.807, 2.05) is 37.3 Å². The lowest BCUT2D eigenvalue weighted by atomic mass is 10.2. The third-order valence-electron chi connectivity index (χ3n) is 3.70. The van der Waals surface area contributed by atoms with Crippen molar-refractivity contribution in [3.63, 3.8) is 0 Å². The average molecular weight is 332 g/mol. The maximum Gasteiger partial charge on any atom is 0.251 e. The largest absolute Gasteiger partial charge is 0.367 e. The summed E-state index contributed by atoms with van der Waals surface area (Å²) in [5, 5.41) is 3.24. The number of aromatic amines is 1. The SMILES string of the molecule is CCc1cc(=O)[nH]c(-c2ccc(NC/C=C/c3ccccc3)nc2)n1. The molecule has 5 heteroatoms. The van der Waals surface area contributed by atoms with Crippen LogP contribution < -0.4 is 10.9 Å². The molecule has 25 heavy (non-hydrogen) atoms. The van der Waals surface area contributed by atoms with Crippen molar-refractivity contribution in [1.29, 1.82) is 0 Å². The molecule has 2 heterocycles. The lowest BCUT2D eigenvalue weighted by Crippen LogP contribution is -2.10. The Morgan fingerprint density at radius 3 is 2.72 bits per heavy atom. The van der Waals surface area contributed by atoms with Gasteiger partial charge in [0.2, 0.25) is 0 Å². The molecule has 0 aliphatic carbocycles. The van der Waals surface area contributed by atoms with Crippen molar-refractivity contribution in [2.45, 2.75) is 13.3 Å². The van der Waals surface area contributed by atoms with Crippen molar-refractivity contribution in [2.24, 2.45) is 0 Å². The Hall–Kier alpha value is -3.21. The van der Waals surface area contributed by atoms with Crippen LogP contribution in [0.5, 0.6) is 0 Å². The number of nitrogens with one attached hydrogen (secondary N) is 2. The number of anilines is 1. The van der Waals surface area contributed by atoms with Crippen LogP contribution in [0.1, 0.15) is 18.2 Å². The molecule has 0 aliphatic heterocycles. The predicted octanol–water partition coefficient (Wildman–Crippen LogP) is 3.52. The fourth-order valence-corrected chi connectivity index (χ4v) is 2.39. The fraction of sp³-hybridized carbons (Fsp3) is 0.150. The summed E-state index contributed by atoms with van der Waals surface area (Å²) < 4.78 is 0. The van der Waals surface area contributed by atoms with Gasteiger partial charge in [-0.05, 0) is 24.1 Å². The highest BCUT2D eigenvalue weighted by atomic mass is 16.1. The van der Waals surface area contributed by atoms with Crippen LogP contribution in [0.3, 0.4) is 0 Å². The van der Waals surface area contributed by atoms with Crippen LogP contribution in [0, 0.1) is 0 Å². The Morgan fingerprint density at radius 2 is 2.00 bits per heavy atom. The number of hydrogen-bond donors (Lipinski definition) is 2. The fourth-order valence-electron chi connectivity index (χ4n) is 2.39. The normalized spacial score (nSPS) is 10.9. The Labute approximate surface area is 146 Å². The molecular weight excluding hydrogens is 312 g/mol. The maximum absolute atomic E-state index is 11.7. The molecule has 0 atom stereocenters. The van der Waals surface area contributed by atoms with Crippen LogP contribution in [0.25, 0.3) is 17.5 Å². The molecule has 0 saturated carbocycles. The predicted molar refractivity (Wildman–Crippen MR) is 101 cm³/mol. The second kappa shape index (κ2) is 8.06. The molecular formula is C20H20N4O. The second-order valence-electron chi connectivity index (χ2n) is 5.56. The zero-order valence-corrected chi connectivity index (χ0v) is 14.1. The van der Waals surface area contributed by atoms with E-state index < -0.39 is 0 Å². The quantitative estimate of drug-likeness (QED) is 0.724. The molecule has 0 spiro atoms. The zero-order chi connectivity index (χ0) is 17.5. The van der Waals surface area contributed by atoms with Crippen molar-refractivity contribution >= 4 is 11.9 Å². The van der Waals surface area contributed by atoms with Crippen molar-refractivity contribution in [3.8, 4) is 11.4 Å². The molecule has 0 saturated heterocycles. The molecule has 2 N–H and O–H groups in total. The van der Waals surface area contributed by atoms with Crippen LogP contribution in [0.2, 0.25) is 0 Å². The van der Waals surface area contributed by atoms with Gasteiger partial charge >= 0.3 is 0 Å². The molecule has 3 aromatic rings. The van der Waals surface area contributed by atoms with E-state index in [4.69, 9.17) is 0 Å². The second-order valence-corrected chi connectivity index (χ2v) is 5.56. The number of pyridine rings is 1. The van der Waals surface area contributed by atoms with Gasteiger partial charge in [-0.1, -0.05) is 49.4 Å². The summed E-state index contributed by atoms with van der Waals surface area (Å²) in [6.45, 7) is 2.65. The summed E-state index contributed by atoms with van der Waals surface area (Å²) in [6, 6.07) is 15.4. The standard InChI is InChI=1S/C20H20N4O/c1-2-17-13-19(25)24-20(23-17)16-10-11-18(22-14-16)21-12-6-9-15-7-4-3-5-8-15/h3-11,13-14H,2,12H2,1H3,(H,21,22)(H,23,24,25)/b9-6+. The average Bonchev–Trinajstić information content (AvgIpc) is 2.66. The summed E-state index contributed by atoms with van der Waals surface area (Å²) >= 11 is 0. The Bertz CT molecular complexity index is 899. The van der Waals surface area contributed by atoms with Crippen LogP contribution in [-0.4, -0.2) is 21.5 Å². The third-order valence-corrected chi connectivity index (χ3v) is 3.70. The lowest BCUT2D eigenvalue weighted by molar-refractivity contribution is 0.985. The van der Waals surface area contributed by atoms with E-state index in [2.05, 4.69) is 44.6 Å². The highest BCUT2D eigenvalue weighted by Gasteiger charge is 2.04. The summed E-state index contributed by atoms with van der Waals surface area (Å²) in [6.07, 6.45) is 6.54. The van der Waals surface area contributed by atoms with E-state index in [9.17, 15) is 4.79 Å². The number of nitrogens with zero attached hydrogens (tertiary/aromatic N) is 2. The van der Waals surface area contributed by atoms with E-state index in [1.54, 1.807) is 6.20 Å². The molecule has 5 nitrogen and oxygen atoms in total. The minimum Gasteiger partial charge on any atom is -0.367 e. The number of aromatic nitrogens is 3. The summed E-state index contributed by atoms with van der Waals surface area (Å²) in [4.78, 5) is 23.2. The molecule has 3 rings (SSSR count). The van der Waals surface area contributed by atoms with Crippen molar-refractivity contribution in [1.82, 2.24) is 15.0 Å². The number of H-pyrrole nitrogens is 1. The van der Waals surface area contributed by atoms with Crippen LogP contribution in [0.4, 0.5) is 5.82 Å². The molecule has 0 amide bonds. The van der Waals surface area contributed by atoms with Gasteiger partial charge in [0.05, 0.1) is 0 Å². The highest BCUT2D eigenvalue weighted by molar-refractivity contribution is 5.56. The molecule has 1 aromatic carbocycles. The van der Waals surface area contributed by atoms with Gasteiger partial charge in [-0.15, -0.1) is 0 Å². The van der Waals surface area contributed by atoms with E-state index in [1.165, 1.54) is 11.6 Å². The molecule has 0 radical (unpaired) electrons. The van der Waals surface area contributed by atoms with Crippen LogP contribution in [-0.2, 0) is 6.42 Å². The third kappa shape index (κ3) is 4.64. The first kappa shape index (κ1) is 16.6. The Morgan fingerprint density at radius 1 is 1.16 bits per heavy atom. The molecule has 0 bridgehead atoms. The number of rotatable bonds is 6. The first-order chi connectivity index (χ1) is 12.2. The summed E-state index contributed by atoms with van der Waals surface area (Å²) in [5.41, 5.74) is 2.58. The first-order valence-corrected chi connectivity index (χ1v) is 8.27. The van der Waals surface area contributed by atoms with Gasteiger partial charge in [0.1, 0.15) is 11.6 Å². The maximum atomic E-state index is 11.7. The summed E-state index contributed by atoms with van der Waals surface area (Å²) in [7, 11) is 0. The first-order valence-electron chi connectivity index (χ1n) is 8.27. The van der Waals surface area contributed by atoms with Gasteiger partial charge in [-0.2, -0.15) is 0 Å². The monoisotopic (exact) mass is 332 g/mol. The minimum absolute atomic E-state index is 0.143. The van der Waals surface area contributed by atoms with Gasteiger partial charge in [0, 0.05) is 30.1 Å². The summed E-state index contributed by atoms with van der Waals surface area (Å²) in [5.74, 6) is 1.32. The number of benzene rings is 1. The van der Waals surface area contributed by atoms with Crippen LogP contribution >= 0.6 is 0 Å². The number of aryl methyl sites for hydroxylation is 1. The van der Waals surface area contributed by atoms with Crippen LogP contribution in [0.15, 0.2) is 65.6 Å². The molecule has 0 aliphatic rings. The molecule has 0 fully saturated rings. The zero-order valence-electron chi connectivity index (χ0n) is 14.1. The van der Waals surface area contributed by atoms with E-state index >= 15 is 0 Å². The molecule has 2 aromatic heterocycles. The van der Waals surface area contributed by atoms with Gasteiger partial charge in [0.25, 0.3) is 5.56 Å². The van der Waals surface area contributed by atoms with E-state index in [-0.39, 0.29) is 5.56 Å². The topological polar surface area (TPSA) is 70.7 Å². The van der Waals surface area contributed by atoms with E-state index in [0.29, 0.717) is 12.4 Å². The molecule has 0 unspecified atom stereocenters. The molecule has 126 valence electrons. The number of hydrogen-bond acceptors (Lipinski definition) is 4. The minimum atomic E-state index is -0.143. The van der Waals surface area contributed by atoms with Crippen molar-refractivity contribution in [3.05, 3.63) is 82.4 Å². The highest BCUT2D eigenvalue weighted by Crippen LogP contribution is 2.14. The Kier molecular flexibility index (Phi) is 5.36. The smallest absolute Gasteiger partial charge is 0.251 e. The lowest BCUT2D eigenvalue weighted by Gasteiger charge is -2.05. The van der Waals surface area contributed by atoms with Crippen molar-refractivity contribution in [2.75, 3.05) is 11.9 Å². The van der Waals surface area contributed by atoms with Gasteiger partial charge < -0.3 is 10.3 Å².